The highest BCUT2D eigenvalue weighted by molar-refractivity contribution is 6.12. The minimum Gasteiger partial charge on any atom is -0.507 e. The maximum Gasteiger partial charge on any atom is 0.257 e. The normalized spacial score (nSPS) is 12.6. The molecule has 0 aliphatic carbocycles. The van der Waals surface area contributed by atoms with Crippen LogP contribution in [0.4, 0.5) is 0 Å². The second-order valence-corrected chi connectivity index (χ2v) is 6.80. The lowest BCUT2D eigenvalue weighted by molar-refractivity contribution is 0.477. The molecule has 0 bridgehead atoms. The molecule has 27 heavy (non-hydrogen) atoms. The van der Waals surface area contributed by atoms with Gasteiger partial charge in [-0.05, 0) is 54.8 Å². The molecule has 0 saturated carbocycles. The highest BCUT2D eigenvalue weighted by atomic mass is 16.3. The van der Waals surface area contributed by atoms with Crippen LogP contribution in [-0.2, 0) is 0 Å². The number of nitrogens with zero attached hydrogens (tertiary/aromatic N) is 2. The van der Waals surface area contributed by atoms with Crippen molar-refractivity contribution in [1.82, 2.24) is 15.0 Å². The molecule has 6 heteroatoms. The maximum atomic E-state index is 12.4. The number of H-pyrrole nitrogens is 1. The van der Waals surface area contributed by atoms with Crippen molar-refractivity contribution in [2.24, 2.45) is 5.73 Å². The van der Waals surface area contributed by atoms with Crippen LogP contribution in [0.1, 0.15) is 24.0 Å². The molecular formula is C21H20N4O2. The Morgan fingerprint density at radius 3 is 2.78 bits per heavy atom. The van der Waals surface area contributed by atoms with Crippen LogP contribution in [0, 0.1) is 6.92 Å². The first-order chi connectivity index (χ1) is 13.0. The molecule has 136 valence electrons. The van der Waals surface area contributed by atoms with Gasteiger partial charge >= 0.3 is 0 Å². The Morgan fingerprint density at radius 2 is 2.07 bits per heavy atom. The standard InChI is InChI=1S/C21H20N4O2/c1-11-8-16(26)17(15-6-5-13(10-24-15)12(2)9-22)18-19(11)25-21(27)14-4-3-7-23-20(14)18/h3-8,10,12,26H,9,22H2,1-2H3,(H,25,27). The molecule has 4 aromatic rings. The van der Waals surface area contributed by atoms with E-state index >= 15 is 0 Å². The molecule has 1 aromatic carbocycles. The van der Waals surface area contributed by atoms with Gasteiger partial charge in [0.2, 0.25) is 0 Å². The monoisotopic (exact) mass is 360 g/mol. The summed E-state index contributed by atoms with van der Waals surface area (Å²) in [6, 6.07) is 8.92. The third kappa shape index (κ3) is 2.74. The predicted molar refractivity (Wildman–Crippen MR) is 107 cm³/mol. The molecule has 1 atom stereocenters. The maximum absolute atomic E-state index is 12.4. The van der Waals surface area contributed by atoms with Crippen molar-refractivity contribution >= 4 is 21.8 Å². The molecule has 0 aliphatic heterocycles. The molecule has 0 amide bonds. The number of pyridine rings is 3. The number of hydrogen-bond donors (Lipinski definition) is 3. The lowest BCUT2D eigenvalue weighted by atomic mass is 9.97. The number of benzene rings is 1. The van der Waals surface area contributed by atoms with Crippen LogP contribution in [0.15, 0.2) is 47.5 Å². The zero-order valence-electron chi connectivity index (χ0n) is 15.2. The van der Waals surface area contributed by atoms with Crippen LogP contribution in [0.2, 0.25) is 0 Å². The van der Waals surface area contributed by atoms with E-state index in [9.17, 15) is 9.90 Å². The van der Waals surface area contributed by atoms with Crippen LogP contribution in [0.5, 0.6) is 5.75 Å². The van der Waals surface area contributed by atoms with Gasteiger partial charge in [0, 0.05) is 17.8 Å². The molecular weight excluding hydrogens is 340 g/mol. The minimum absolute atomic E-state index is 0.103. The van der Waals surface area contributed by atoms with Crippen LogP contribution in [0.25, 0.3) is 33.1 Å². The van der Waals surface area contributed by atoms with E-state index in [1.807, 2.05) is 26.0 Å². The molecule has 0 spiro atoms. The first kappa shape index (κ1) is 17.2. The number of nitrogens with two attached hydrogens (primary N) is 1. The van der Waals surface area contributed by atoms with E-state index in [1.54, 1.807) is 30.6 Å². The van der Waals surface area contributed by atoms with Gasteiger partial charge in [0.25, 0.3) is 5.56 Å². The summed E-state index contributed by atoms with van der Waals surface area (Å²) in [5.41, 5.74) is 9.71. The number of aryl methyl sites for hydroxylation is 1. The number of nitrogens with one attached hydrogen (secondary N) is 1. The van der Waals surface area contributed by atoms with Gasteiger partial charge in [-0.3, -0.25) is 14.8 Å². The molecule has 1 unspecified atom stereocenters. The number of aromatic hydroxyl groups is 1. The van der Waals surface area contributed by atoms with Gasteiger partial charge < -0.3 is 15.8 Å². The average Bonchev–Trinajstić information content (AvgIpc) is 2.69. The average molecular weight is 360 g/mol. The Morgan fingerprint density at radius 1 is 1.26 bits per heavy atom. The largest absolute Gasteiger partial charge is 0.507 e. The van der Waals surface area contributed by atoms with Crippen molar-refractivity contribution in [2.75, 3.05) is 6.54 Å². The minimum atomic E-state index is -0.203. The number of phenolic OH excluding ortho intramolecular Hbond substituents is 1. The van der Waals surface area contributed by atoms with E-state index in [0.717, 1.165) is 11.1 Å². The van der Waals surface area contributed by atoms with Crippen molar-refractivity contribution in [1.29, 1.82) is 0 Å². The number of hydrogen-bond acceptors (Lipinski definition) is 5. The van der Waals surface area contributed by atoms with E-state index in [2.05, 4.69) is 15.0 Å². The van der Waals surface area contributed by atoms with E-state index < -0.39 is 0 Å². The summed E-state index contributed by atoms with van der Waals surface area (Å²) in [6.45, 7) is 4.42. The van der Waals surface area contributed by atoms with E-state index in [1.165, 1.54) is 0 Å². The number of aromatic amines is 1. The van der Waals surface area contributed by atoms with Crippen LogP contribution < -0.4 is 11.3 Å². The fourth-order valence-corrected chi connectivity index (χ4v) is 3.41. The van der Waals surface area contributed by atoms with Gasteiger partial charge in [-0.2, -0.15) is 0 Å². The smallest absolute Gasteiger partial charge is 0.257 e. The van der Waals surface area contributed by atoms with Gasteiger partial charge in [-0.1, -0.05) is 13.0 Å². The third-order valence-electron chi connectivity index (χ3n) is 5.00. The van der Waals surface area contributed by atoms with Crippen molar-refractivity contribution in [2.45, 2.75) is 19.8 Å². The Hall–Kier alpha value is -3.25. The van der Waals surface area contributed by atoms with Crippen molar-refractivity contribution in [3.05, 3.63) is 64.2 Å². The fraction of sp³-hybridized carbons (Fsp3) is 0.190. The quantitative estimate of drug-likeness (QED) is 0.487. The van der Waals surface area contributed by atoms with E-state index in [-0.39, 0.29) is 17.2 Å². The number of fused-ring (bicyclic) bond motifs is 3. The summed E-state index contributed by atoms with van der Waals surface area (Å²) in [5, 5.41) is 11.9. The lowest BCUT2D eigenvalue weighted by Crippen LogP contribution is -2.09. The SMILES string of the molecule is Cc1cc(O)c(-c2ccc(C(C)CN)cn2)c2c1[nH]c(=O)c1cccnc12. The Bertz CT molecular complexity index is 1210. The second kappa shape index (κ2) is 6.48. The number of phenols is 1. The van der Waals surface area contributed by atoms with Crippen molar-refractivity contribution in [3.63, 3.8) is 0 Å². The highest BCUT2D eigenvalue weighted by Crippen LogP contribution is 2.39. The Labute approximate surface area is 155 Å². The summed E-state index contributed by atoms with van der Waals surface area (Å²) < 4.78 is 0. The molecule has 4 rings (SSSR count). The molecule has 0 aliphatic rings. The summed E-state index contributed by atoms with van der Waals surface area (Å²) in [6.07, 6.45) is 3.42. The first-order valence-electron chi connectivity index (χ1n) is 8.81. The third-order valence-corrected chi connectivity index (χ3v) is 5.00. The van der Waals surface area contributed by atoms with Crippen molar-refractivity contribution < 1.29 is 5.11 Å². The summed E-state index contributed by atoms with van der Waals surface area (Å²) >= 11 is 0. The zero-order valence-corrected chi connectivity index (χ0v) is 15.2. The lowest BCUT2D eigenvalue weighted by Gasteiger charge is -2.14. The summed E-state index contributed by atoms with van der Waals surface area (Å²) in [4.78, 5) is 24.3. The van der Waals surface area contributed by atoms with Gasteiger partial charge in [-0.15, -0.1) is 0 Å². The molecule has 4 N–H and O–H groups in total. The van der Waals surface area contributed by atoms with Gasteiger partial charge in [0.05, 0.1) is 27.7 Å². The van der Waals surface area contributed by atoms with E-state index in [0.29, 0.717) is 39.6 Å². The predicted octanol–water partition coefficient (Wildman–Crippen LogP) is 3.21. The number of rotatable bonds is 3. The first-order valence-corrected chi connectivity index (χ1v) is 8.81. The zero-order chi connectivity index (χ0) is 19.1. The molecule has 6 nitrogen and oxygen atoms in total. The molecule has 3 aromatic heterocycles. The highest BCUT2D eigenvalue weighted by Gasteiger charge is 2.18. The summed E-state index contributed by atoms with van der Waals surface area (Å²) in [5.74, 6) is 0.305. The Kier molecular flexibility index (Phi) is 4.12. The number of aromatic nitrogens is 3. The molecule has 0 fully saturated rings. The molecule has 0 saturated heterocycles. The second-order valence-electron chi connectivity index (χ2n) is 6.80. The Balaban J connectivity index is 2.09. The van der Waals surface area contributed by atoms with Gasteiger partial charge in [0.1, 0.15) is 5.75 Å². The van der Waals surface area contributed by atoms with Crippen LogP contribution in [0.3, 0.4) is 0 Å². The van der Waals surface area contributed by atoms with Crippen LogP contribution >= 0.6 is 0 Å². The van der Waals surface area contributed by atoms with Crippen molar-refractivity contribution in [3.8, 4) is 17.0 Å². The van der Waals surface area contributed by atoms with Gasteiger partial charge in [0.15, 0.2) is 0 Å². The van der Waals surface area contributed by atoms with Crippen LogP contribution in [-0.4, -0.2) is 26.6 Å². The van der Waals surface area contributed by atoms with Gasteiger partial charge in [-0.25, -0.2) is 0 Å². The summed E-state index contributed by atoms with van der Waals surface area (Å²) in [7, 11) is 0. The molecule has 3 heterocycles. The molecule has 0 radical (unpaired) electrons. The van der Waals surface area contributed by atoms with E-state index in [4.69, 9.17) is 5.73 Å². The fourth-order valence-electron chi connectivity index (χ4n) is 3.41. The topological polar surface area (TPSA) is 105 Å².